The van der Waals surface area contributed by atoms with Gasteiger partial charge in [0.15, 0.2) is 0 Å². The van der Waals surface area contributed by atoms with Crippen LogP contribution in [0.15, 0.2) is 24.3 Å². The molecule has 90 valence electrons. The molecule has 1 heterocycles. The zero-order valence-corrected chi connectivity index (χ0v) is 9.94. The van der Waals surface area contributed by atoms with Crippen LogP contribution in [-0.2, 0) is 0 Å². The first kappa shape index (κ1) is 11.8. The summed E-state index contributed by atoms with van der Waals surface area (Å²) in [7, 11) is 1.87. The summed E-state index contributed by atoms with van der Waals surface area (Å²) >= 11 is 0. The average molecular weight is 234 g/mol. The Morgan fingerprint density at radius 1 is 1.41 bits per heavy atom. The van der Waals surface area contributed by atoms with E-state index >= 15 is 0 Å². The number of halogens is 1. The van der Waals surface area contributed by atoms with Gasteiger partial charge in [-0.15, -0.1) is 0 Å². The molecule has 0 fully saturated rings. The number of rotatable bonds is 3. The second-order valence-electron chi connectivity index (χ2n) is 4.06. The first-order chi connectivity index (χ1) is 8.13. The minimum atomic E-state index is -0.315. The summed E-state index contributed by atoms with van der Waals surface area (Å²) in [4.78, 5) is 6.11. The minimum Gasteiger partial charge on any atom is -0.395 e. The summed E-state index contributed by atoms with van der Waals surface area (Å²) in [5.74, 6) is -0.315. The van der Waals surface area contributed by atoms with Gasteiger partial charge >= 0.3 is 0 Å². The largest absolute Gasteiger partial charge is 0.395 e. The number of likely N-dealkylation sites (N-methyl/N-ethyl adjacent to an activating group) is 1. The van der Waals surface area contributed by atoms with Gasteiger partial charge in [-0.1, -0.05) is 12.1 Å². The fourth-order valence-electron chi connectivity index (χ4n) is 1.91. The number of hydrogen-bond acceptors (Lipinski definition) is 3. The molecule has 1 aromatic carbocycles. The van der Waals surface area contributed by atoms with Crippen molar-refractivity contribution < 1.29 is 9.50 Å². The van der Waals surface area contributed by atoms with Gasteiger partial charge in [0.2, 0.25) is 0 Å². The van der Waals surface area contributed by atoms with Gasteiger partial charge in [-0.25, -0.2) is 9.37 Å². The smallest absolute Gasteiger partial charge is 0.149 e. The monoisotopic (exact) mass is 234 g/mol. The molecule has 0 unspecified atom stereocenters. The molecular formula is C13H15FN2O. The molecule has 0 aliphatic rings. The molecule has 0 atom stereocenters. The number of anilines is 1. The lowest BCUT2D eigenvalue weighted by atomic mass is 10.1. The number of fused-ring (bicyclic) bond motifs is 1. The molecule has 0 aliphatic carbocycles. The van der Waals surface area contributed by atoms with Crippen LogP contribution in [0.1, 0.15) is 5.69 Å². The van der Waals surface area contributed by atoms with Crippen LogP contribution in [0.5, 0.6) is 0 Å². The number of aliphatic hydroxyl groups excluding tert-OH is 1. The Hall–Kier alpha value is -1.68. The molecule has 0 aliphatic heterocycles. The van der Waals surface area contributed by atoms with Gasteiger partial charge in [-0.05, 0) is 19.1 Å². The fourth-order valence-corrected chi connectivity index (χ4v) is 1.91. The highest BCUT2D eigenvalue weighted by Crippen LogP contribution is 2.27. The Morgan fingerprint density at radius 2 is 2.18 bits per heavy atom. The maximum Gasteiger partial charge on any atom is 0.149 e. The summed E-state index contributed by atoms with van der Waals surface area (Å²) in [6, 6.07) is 6.82. The Bertz CT molecular complexity index is 542. The number of aliphatic hydroxyl groups is 1. The van der Waals surface area contributed by atoms with Gasteiger partial charge in [0.25, 0.3) is 0 Å². The van der Waals surface area contributed by atoms with E-state index in [4.69, 9.17) is 5.11 Å². The summed E-state index contributed by atoms with van der Waals surface area (Å²) in [6.07, 6.45) is 0. The number of nitrogens with zero attached hydrogens (tertiary/aromatic N) is 2. The zero-order chi connectivity index (χ0) is 12.4. The van der Waals surface area contributed by atoms with Crippen molar-refractivity contribution in [1.29, 1.82) is 0 Å². The predicted molar refractivity (Wildman–Crippen MR) is 66.8 cm³/mol. The van der Waals surface area contributed by atoms with Gasteiger partial charge in [0.1, 0.15) is 11.3 Å². The van der Waals surface area contributed by atoms with E-state index < -0.39 is 0 Å². The third-order valence-corrected chi connectivity index (χ3v) is 2.74. The molecule has 4 heteroatoms. The van der Waals surface area contributed by atoms with Gasteiger partial charge in [0.05, 0.1) is 6.61 Å². The number of pyridine rings is 1. The molecule has 3 nitrogen and oxygen atoms in total. The normalized spacial score (nSPS) is 10.8. The first-order valence-electron chi connectivity index (χ1n) is 5.51. The molecule has 2 rings (SSSR count). The van der Waals surface area contributed by atoms with Crippen LogP contribution >= 0.6 is 0 Å². The highest BCUT2D eigenvalue weighted by Gasteiger charge is 2.10. The number of aromatic nitrogens is 1. The van der Waals surface area contributed by atoms with Gasteiger partial charge in [0, 0.05) is 30.4 Å². The summed E-state index contributed by atoms with van der Waals surface area (Å²) in [5, 5.41) is 9.73. The lowest BCUT2D eigenvalue weighted by Crippen LogP contribution is -2.21. The molecule has 0 bridgehead atoms. The van der Waals surface area contributed by atoms with Crippen molar-refractivity contribution in [2.24, 2.45) is 0 Å². The van der Waals surface area contributed by atoms with Crippen molar-refractivity contribution in [2.45, 2.75) is 6.92 Å². The van der Waals surface area contributed by atoms with E-state index in [1.165, 1.54) is 6.07 Å². The molecule has 0 amide bonds. The molecule has 2 aromatic rings. The fraction of sp³-hybridized carbons (Fsp3) is 0.308. The molecule has 0 radical (unpaired) electrons. The SMILES string of the molecule is Cc1cc(N(C)CCO)c2cccc(F)c2n1. The van der Waals surface area contributed by atoms with E-state index in [0.29, 0.717) is 12.1 Å². The van der Waals surface area contributed by atoms with E-state index in [-0.39, 0.29) is 12.4 Å². The lowest BCUT2D eigenvalue weighted by molar-refractivity contribution is 0.304. The number of hydrogen-bond donors (Lipinski definition) is 1. The second kappa shape index (κ2) is 4.67. The highest BCUT2D eigenvalue weighted by molar-refractivity contribution is 5.92. The van der Waals surface area contributed by atoms with Crippen molar-refractivity contribution in [3.8, 4) is 0 Å². The van der Waals surface area contributed by atoms with Gasteiger partial charge in [-0.2, -0.15) is 0 Å². The van der Waals surface area contributed by atoms with E-state index in [0.717, 1.165) is 16.8 Å². The van der Waals surface area contributed by atoms with Crippen molar-refractivity contribution >= 4 is 16.6 Å². The molecular weight excluding hydrogens is 219 g/mol. The third-order valence-electron chi connectivity index (χ3n) is 2.74. The Balaban J connectivity index is 2.65. The number of para-hydroxylation sites is 1. The maximum absolute atomic E-state index is 13.7. The molecule has 1 N–H and O–H groups in total. The first-order valence-corrected chi connectivity index (χ1v) is 5.51. The predicted octanol–water partition coefficient (Wildman–Crippen LogP) is 2.11. The third kappa shape index (κ3) is 2.22. The van der Waals surface area contributed by atoms with Crippen LogP contribution < -0.4 is 4.90 Å². The van der Waals surface area contributed by atoms with Crippen molar-refractivity contribution in [2.75, 3.05) is 25.1 Å². The Labute approximate surface area is 99.5 Å². The van der Waals surface area contributed by atoms with Crippen LogP contribution in [0.2, 0.25) is 0 Å². The minimum absolute atomic E-state index is 0.0642. The Morgan fingerprint density at radius 3 is 2.88 bits per heavy atom. The van der Waals surface area contributed by atoms with Crippen LogP contribution in [-0.4, -0.2) is 30.3 Å². The van der Waals surface area contributed by atoms with Gasteiger partial charge < -0.3 is 10.0 Å². The zero-order valence-electron chi connectivity index (χ0n) is 9.94. The highest BCUT2D eigenvalue weighted by atomic mass is 19.1. The topological polar surface area (TPSA) is 36.4 Å². The van der Waals surface area contributed by atoms with E-state index in [2.05, 4.69) is 4.98 Å². The molecule has 0 spiro atoms. The van der Waals surface area contributed by atoms with Crippen molar-refractivity contribution in [3.05, 3.63) is 35.8 Å². The van der Waals surface area contributed by atoms with Crippen LogP contribution in [0.3, 0.4) is 0 Å². The standard InChI is InChI=1S/C13H15FN2O/c1-9-8-12(16(2)6-7-17)10-4-3-5-11(14)13(10)15-9/h3-5,8,17H,6-7H2,1-2H3. The van der Waals surface area contributed by atoms with Crippen molar-refractivity contribution in [1.82, 2.24) is 4.98 Å². The number of benzene rings is 1. The summed E-state index contributed by atoms with van der Waals surface area (Å²) in [6.45, 7) is 2.41. The molecule has 0 saturated heterocycles. The Kier molecular flexibility index (Phi) is 3.24. The molecule has 0 saturated carbocycles. The van der Waals surface area contributed by atoms with E-state index in [1.54, 1.807) is 6.07 Å². The van der Waals surface area contributed by atoms with Gasteiger partial charge in [-0.3, -0.25) is 0 Å². The second-order valence-corrected chi connectivity index (χ2v) is 4.06. The molecule has 17 heavy (non-hydrogen) atoms. The lowest BCUT2D eigenvalue weighted by Gasteiger charge is -2.20. The van der Waals surface area contributed by atoms with Crippen LogP contribution in [0, 0.1) is 12.7 Å². The summed E-state index contributed by atoms with van der Waals surface area (Å²) in [5.41, 5.74) is 2.04. The quantitative estimate of drug-likeness (QED) is 0.883. The van der Waals surface area contributed by atoms with E-state index in [1.807, 2.05) is 31.0 Å². The molecule has 1 aromatic heterocycles. The average Bonchev–Trinajstić information content (AvgIpc) is 2.30. The van der Waals surface area contributed by atoms with Crippen LogP contribution in [0.4, 0.5) is 10.1 Å². The van der Waals surface area contributed by atoms with Crippen molar-refractivity contribution in [3.63, 3.8) is 0 Å². The summed E-state index contributed by atoms with van der Waals surface area (Å²) < 4.78 is 13.7. The maximum atomic E-state index is 13.7. The van der Waals surface area contributed by atoms with E-state index in [9.17, 15) is 4.39 Å². The van der Waals surface area contributed by atoms with Crippen LogP contribution in [0.25, 0.3) is 10.9 Å². The number of aryl methyl sites for hydroxylation is 1.